The third-order valence-electron chi connectivity index (χ3n) is 3.78. The van der Waals surface area contributed by atoms with E-state index in [0.29, 0.717) is 5.56 Å². The predicted octanol–water partition coefficient (Wildman–Crippen LogP) is 5.10. The summed E-state index contributed by atoms with van der Waals surface area (Å²) in [6, 6.07) is 16.9. The van der Waals surface area contributed by atoms with Crippen LogP contribution < -0.4 is 5.73 Å². The Balaban J connectivity index is 2.15. The van der Waals surface area contributed by atoms with Gasteiger partial charge in [0.15, 0.2) is 0 Å². The molecule has 0 aromatic heterocycles. The Morgan fingerprint density at radius 2 is 1.71 bits per heavy atom. The molecule has 1 unspecified atom stereocenters. The molecule has 0 spiro atoms. The van der Waals surface area contributed by atoms with E-state index in [9.17, 15) is 4.39 Å². The second-order valence-corrected chi connectivity index (χ2v) is 6.02. The summed E-state index contributed by atoms with van der Waals surface area (Å²) in [5.41, 5.74) is 8.99. The summed E-state index contributed by atoms with van der Waals surface area (Å²) >= 11 is 3.57. The van der Waals surface area contributed by atoms with Crippen LogP contribution in [0.2, 0.25) is 0 Å². The zero-order chi connectivity index (χ0) is 15.0. The Morgan fingerprint density at radius 1 is 1.00 bits per heavy atom. The minimum absolute atomic E-state index is 0.202. The van der Waals surface area contributed by atoms with Crippen LogP contribution in [0.15, 0.2) is 59.1 Å². The molecule has 106 valence electrons. The zero-order valence-corrected chi connectivity index (χ0v) is 13.2. The molecule has 3 heteroatoms. The fraction of sp³-hybridized carbons (Fsp3) is 0.111. The maximum atomic E-state index is 13.4. The van der Waals surface area contributed by atoms with Crippen LogP contribution >= 0.6 is 15.9 Å². The molecule has 0 radical (unpaired) electrons. The molecule has 3 rings (SSSR count). The van der Waals surface area contributed by atoms with Gasteiger partial charge in [-0.15, -0.1) is 0 Å². The summed E-state index contributed by atoms with van der Waals surface area (Å²) in [4.78, 5) is 0. The molecular weight excluding hydrogens is 329 g/mol. The Morgan fingerprint density at radius 3 is 2.43 bits per heavy atom. The normalized spacial score (nSPS) is 12.6. The lowest BCUT2D eigenvalue weighted by Gasteiger charge is -2.17. The smallest absolute Gasteiger partial charge is 0.126 e. The van der Waals surface area contributed by atoms with Gasteiger partial charge in [0.1, 0.15) is 5.82 Å². The average Bonchev–Trinajstić information content (AvgIpc) is 2.50. The van der Waals surface area contributed by atoms with Crippen molar-refractivity contribution in [2.24, 2.45) is 5.73 Å². The van der Waals surface area contributed by atoms with Crippen LogP contribution in [0.25, 0.3) is 10.8 Å². The van der Waals surface area contributed by atoms with Crippen molar-refractivity contribution in [3.63, 3.8) is 0 Å². The van der Waals surface area contributed by atoms with E-state index >= 15 is 0 Å². The van der Waals surface area contributed by atoms with Crippen molar-refractivity contribution in [3.05, 3.63) is 81.6 Å². The minimum atomic E-state index is -0.276. The molecule has 0 aliphatic heterocycles. The first-order valence-corrected chi connectivity index (χ1v) is 7.56. The largest absolute Gasteiger partial charge is 0.320 e. The Hall–Kier alpha value is -1.71. The number of aryl methyl sites for hydroxylation is 1. The molecule has 3 aromatic rings. The molecule has 1 nitrogen and oxygen atoms in total. The molecule has 0 aliphatic carbocycles. The van der Waals surface area contributed by atoms with E-state index in [0.717, 1.165) is 26.4 Å². The summed E-state index contributed by atoms with van der Waals surface area (Å²) < 4.78 is 14.5. The maximum absolute atomic E-state index is 13.4. The summed E-state index contributed by atoms with van der Waals surface area (Å²) in [5.74, 6) is -0.202. The molecule has 2 N–H and O–H groups in total. The van der Waals surface area contributed by atoms with Gasteiger partial charge in [-0.25, -0.2) is 4.39 Å². The van der Waals surface area contributed by atoms with Gasteiger partial charge in [-0.3, -0.25) is 0 Å². The van der Waals surface area contributed by atoms with Crippen LogP contribution in [0.5, 0.6) is 0 Å². The number of hydrogen-bond acceptors (Lipinski definition) is 1. The van der Waals surface area contributed by atoms with E-state index < -0.39 is 0 Å². The van der Waals surface area contributed by atoms with Crippen LogP contribution in [-0.4, -0.2) is 0 Å². The number of hydrogen-bond donors (Lipinski definition) is 1. The van der Waals surface area contributed by atoms with Crippen LogP contribution in [0.1, 0.15) is 22.7 Å². The third kappa shape index (κ3) is 2.59. The lowest BCUT2D eigenvalue weighted by atomic mass is 9.93. The van der Waals surface area contributed by atoms with Crippen LogP contribution in [0, 0.1) is 12.7 Å². The molecule has 0 saturated heterocycles. The first-order chi connectivity index (χ1) is 10.1. The van der Waals surface area contributed by atoms with Gasteiger partial charge in [-0.05, 0) is 46.5 Å². The predicted molar refractivity (Wildman–Crippen MR) is 88.8 cm³/mol. The van der Waals surface area contributed by atoms with Crippen LogP contribution in [0.4, 0.5) is 4.39 Å². The number of halogens is 2. The van der Waals surface area contributed by atoms with Crippen molar-refractivity contribution < 1.29 is 4.39 Å². The number of nitrogens with two attached hydrogens (primary N) is 1. The molecular formula is C18H15BrFN. The van der Waals surface area contributed by atoms with Gasteiger partial charge in [0.2, 0.25) is 0 Å². The molecule has 0 fully saturated rings. The fourth-order valence-electron chi connectivity index (χ4n) is 2.60. The van der Waals surface area contributed by atoms with Crippen molar-refractivity contribution in [1.82, 2.24) is 0 Å². The fourth-order valence-corrected chi connectivity index (χ4v) is 3.08. The summed E-state index contributed by atoms with van der Waals surface area (Å²) in [5, 5.41) is 2.24. The molecule has 0 bridgehead atoms. The van der Waals surface area contributed by atoms with Gasteiger partial charge >= 0.3 is 0 Å². The van der Waals surface area contributed by atoms with E-state index in [4.69, 9.17) is 5.73 Å². The van der Waals surface area contributed by atoms with E-state index in [1.54, 1.807) is 13.0 Å². The Labute approximate surface area is 131 Å². The maximum Gasteiger partial charge on any atom is 0.126 e. The standard InChI is InChI=1S/C18H15BrFN/c1-11-10-12(6-9-17(11)20)18(21)15-7-8-16(19)14-5-3-2-4-13(14)15/h2-10,18H,21H2,1H3. The minimum Gasteiger partial charge on any atom is -0.320 e. The second-order valence-electron chi connectivity index (χ2n) is 5.17. The highest BCUT2D eigenvalue weighted by Gasteiger charge is 2.14. The van der Waals surface area contributed by atoms with E-state index in [1.165, 1.54) is 6.07 Å². The second kappa shape index (κ2) is 5.58. The highest BCUT2D eigenvalue weighted by atomic mass is 79.9. The van der Waals surface area contributed by atoms with Gasteiger partial charge in [0.05, 0.1) is 6.04 Å². The van der Waals surface area contributed by atoms with Crippen molar-refractivity contribution in [3.8, 4) is 0 Å². The quantitative estimate of drug-likeness (QED) is 0.688. The monoisotopic (exact) mass is 343 g/mol. The van der Waals surface area contributed by atoms with E-state index in [1.807, 2.05) is 30.3 Å². The molecule has 0 amide bonds. The molecule has 21 heavy (non-hydrogen) atoms. The number of benzene rings is 3. The van der Waals surface area contributed by atoms with Gasteiger partial charge in [-0.2, -0.15) is 0 Å². The highest BCUT2D eigenvalue weighted by molar-refractivity contribution is 9.10. The van der Waals surface area contributed by atoms with Gasteiger partial charge in [0.25, 0.3) is 0 Å². The summed E-state index contributed by atoms with van der Waals surface area (Å²) in [6.45, 7) is 1.76. The Kier molecular flexibility index (Phi) is 3.79. The summed E-state index contributed by atoms with van der Waals surface area (Å²) in [6.07, 6.45) is 0. The molecule has 0 aliphatic rings. The average molecular weight is 344 g/mol. The van der Waals surface area contributed by atoms with Crippen molar-refractivity contribution >= 4 is 26.7 Å². The highest BCUT2D eigenvalue weighted by Crippen LogP contribution is 2.32. The SMILES string of the molecule is Cc1cc(C(N)c2ccc(Br)c3ccccc23)ccc1F. The zero-order valence-electron chi connectivity index (χ0n) is 11.6. The first-order valence-electron chi connectivity index (χ1n) is 6.76. The molecule has 1 atom stereocenters. The van der Waals surface area contributed by atoms with Crippen molar-refractivity contribution in [2.75, 3.05) is 0 Å². The van der Waals surface area contributed by atoms with E-state index in [2.05, 4.69) is 28.1 Å². The van der Waals surface area contributed by atoms with Gasteiger partial charge in [0, 0.05) is 4.47 Å². The van der Waals surface area contributed by atoms with Crippen LogP contribution in [-0.2, 0) is 0 Å². The van der Waals surface area contributed by atoms with Crippen molar-refractivity contribution in [1.29, 1.82) is 0 Å². The third-order valence-corrected chi connectivity index (χ3v) is 4.47. The number of fused-ring (bicyclic) bond motifs is 1. The lowest BCUT2D eigenvalue weighted by Crippen LogP contribution is -2.12. The Bertz CT molecular complexity index is 813. The number of rotatable bonds is 2. The van der Waals surface area contributed by atoms with Crippen LogP contribution in [0.3, 0.4) is 0 Å². The van der Waals surface area contributed by atoms with Crippen molar-refractivity contribution in [2.45, 2.75) is 13.0 Å². The summed E-state index contributed by atoms with van der Waals surface area (Å²) in [7, 11) is 0. The molecule has 0 heterocycles. The molecule has 0 saturated carbocycles. The first kappa shape index (κ1) is 14.2. The van der Waals surface area contributed by atoms with E-state index in [-0.39, 0.29) is 11.9 Å². The van der Waals surface area contributed by atoms with Gasteiger partial charge in [-0.1, -0.05) is 58.4 Å². The topological polar surface area (TPSA) is 26.0 Å². The lowest BCUT2D eigenvalue weighted by molar-refractivity contribution is 0.617. The van der Waals surface area contributed by atoms with Gasteiger partial charge < -0.3 is 5.73 Å². The molecule has 3 aromatic carbocycles.